The van der Waals surface area contributed by atoms with E-state index in [0.717, 1.165) is 91.7 Å². The van der Waals surface area contributed by atoms with E-state index >= 15 is 0 Å². The Hall–Kier alpha value is -12.3. The lowest BCUT2D eigenvalue weighted by atomic mass is 9.67. The van der Waals surface area contributed by atoms with E-state index in [2.05, 4.69) is 390 Å². The van der Waals surface area contributed by atoms with E-state index in [1.807, 2.05) is 6.08 Å². The molecule has 18 rings (SSSR count). The van der Waals surface area contributed by atoms with Crippen molar-refractivity contribution >= 4 is 45.8 Å². The van der Waals surface area contributed by atoms with Gasteiger partial charge in [0.05, 0.1) is 5.41 Å². The van der Waals surface area contributed by atoms with Crippen LogP contribution in [0.1, 0.15) is 96.2 Å². The third-order valence-electron chi connectivity index (χ3n) is 22.6. The Morgan fingerprint density at radius 3 is 1.25 bits per heavy atom. The maximum absolute atomic E-state index is 6.58. The average molecular weight is 1320 g/mol. The Kier molecular flexibility index (Phi) is 15.5. The minimum absolute atomic E-state index is 0.0706. The maximum atomic E-state index is 6.58. The van der Waals surface area contributed by atoms with E-state index < -0.39 is 5.41 Å². The van der Waals surface area contributed by atoms with E-state index in [0.29, 0.717) is 6.61 Å². The lowest BCUT2D eigenvalue weighted by Crippen LogP contribution is -2.28. The third-order valence-corrected chi connectivity index (χ3v) is 22.6. The van der Waals surface area contributed by atoms with Crippen molar-refractivity contribution in [3.05, 3.63) is 414 Å². The fourth-order valence-electron chi connectivity index (χ4n) is 17.2. The molecule has 1 atom stereocenters. The van der Waals surface area contributed by atoms with Gasteiger partial charge in [0, 0.05) is 45.0 Å². The number of hydrogen-bond donors (Lipinski definition) is 0. The van der Waals surface area contributed by atoms with Crippen LogP contribution in [0, 0.1) is 0 Å². The predicted molar refractivity (Wildman–Crippen MR) is 432 cm³/mol. The first-order valence-electron chi connectivity index (χ1n) is 36.2. The van der Waals surface area contributed by atoms with E-state index in [4.69, 9.17) is 4.74 Å². The van der Waals surface area contributed by atoms with Gasteiger partial charge in [-0.15, -0.1) is 0 Å². The fourth-order valence-corrected chi connectivity index (χ4v) is 17.2. The lowest BCUT2D eigenvalue weighted by molar-refractivity contribution is 0.306. The summed E-state index contributed by atoms with van der Waals surface area (Å²) in [5.74, 6) is 0.813. The molecule has 0 spiro atoms. The van der Waals surface area contributed by atoms with Crippen LogP contribution >= 0.6 is 0 Å². The first-order valence-corrected chi connectivity index (χ1v) is 36.2. The molecule has 0 saturated heterocycles. The summed E-state index contributed by atoms with van der Waals surface area (Å²) in [7, 11) is 0. The number of ether oxygens (including phenoxy) is 1. The van der Waals surface area contributed by atoms with Crippen LogP contribution in [-0.2, 0) is 22.9 Å². The van der Waals surface area contributed by atoms with Crippen molar-refractivity contribution in [3.8, 4) is 72.5 Å². The van der Waals surface area contributed by atoms with Crippen molar-refractivity contribution in [2.24, 2.45) is 0 Å². The highest BCUT2D eigenvalue weighted by molar-refractivity contribution is 5.93. The summed E-state index contributed by atoms with van der Waals surface area (Å²) < 4.78 is 6.58. The normalized spacial score (nSPS) is 15.3. The molecule has 3 nitrogen and oxygen atoms in total. The van der Waals surface area contributed by atoms with Gasteiger partial charge in [-0.05, 0) is 238 Å². The highest BCUT2D eigenvalue weighted by Gasteiger charge is 2.47. The summed E-state index contributed by atoms with van der Waals surface area (Å²) in [5, 5.41) is 0. The maximum Gasteiger partial charge on any atom is 0.119 e. The zero-order valence-corrected chi connectivity index (χ0v) is 58.6. The van der Waals surface area contributed by atoms with Crippen molar-refractivity contribution in [3.63, 3.8) is 0 Å². The molecule has 3 heteroatoms. The monoisotopic (exact) mass is 1320 g/mol. The molecule has 4 aliphatic carbocycles. The minimum Gasteiger partial charge on any atom is -0.489 e. The molecule has 0 amide bonds. The Bertz CT molecular complexity index is 5630. The Morgan fingerprint density at radius 2 is 0.738 bits per heavy atom. The molecule has 1 unspecified atom stereocenters. The first-order chi connectivity index (χ1) is 50.5. The first kappa shape index (κ1) is 62.9. The van der Waals surface area contributed by atoms with Gasteiger partial charge in [-0.2, -0.15) is 0 Å². The van der Waals surface area contributed by atoms with Crippen LogP contribution in [0.25, 0.3) is 78.4 Å². The number of hydrogen-bond acceptors (Lipinski definition) is 3. The summed E-state index contributed by atoms with van der Waals surface area (Å²) in [6, 6.07) is 124. The molecule has 0 radical (unpaired) electrons. The molecule has 103 heavy (non-hydrogen) atoms. The molecule has 4 aliphatic rings. The van der Waals surface area contributed by atoms with Gasteiger partial charge in [0.15, 0.2) is 0 Å². The van der Waals surface area contributed by atoms with E-state index in [-0.39, 0.29) is 10.8 Å². The van der Waals surface area contributed by atoms with Crippen molar-refractivity contribution < 1.29 is 4.74 Å². The molecule has 0 N–H and O–H groups in total. The van der Waals surface area contributed by atoms with Crippen LogP contribution in [-0.4, -0.2) is 0 Å². The van der Waals surface area contributed by atoms with Gasteiger partial charge in [-0.1, -0.05) is 295 Å². The number of nitrogens with zero attached hydrogens (tertiary/aromatic N) is 2. The summed E-state index contributed by atoms with van der Waals surface area (Å²) in [6.45, 7) is 14.0. The van der Waals surface area contributed by atoms with E-state index in [1.165, 1.54) is 89.0 Å². The van der Waals surface area contributed by atoms with Gasteiger partial charge < -0.3 is 14.5 Å². The van der Waals surface area contributed by atoms with Crippen molar-refractivity contribution in [2.45, 2.75) is 63.4 Å². The molecule has 0 saturated carbocycles. The van der Waals surface area contributed by atoms with E-state index in [9.17, 15) is 0 Å². The Balaban J connectivity index is 0.740. The summed E-state index contributed by atoms with van der Waals surface area (Å²) in [6.07, 6.45) is 8.76. The highest BCUT2D eigenvalue weighted by atomic mass is 16.5. The minimum atomic E-state index is -0.728. The molecule has 14 aromatic rings. The van der Waals surface area contributed by atoms with Crippen LogP contribution in [0.4, 0.5) is 34.1 Å². The van der Waals surface area contributed by atoms with Crippen LogP contribution < -0.4 is 14.5 Å². The summed E-state index contributed by atoms with van der Waals surface area (Å²) in [5.41, 5.74) is 35.5. The van der Waals surface area contributed by atoms with Gasteiger partial charge in [-0.25, -0.2) is 0 Å². The number of allylic oxidation sites excluding steroid dienone is 4. The quantitative estimate of drug-likeness (QED) is 0.0959. The number of anilines is 6. The summed E-state index contributed by atoms with van der Waals surface area (Å²) >= 11 is 0. The Labute approximate surface area is 606 Å². The van der Waals surface area contributed by atoms with Crippen LogP contribution in [0.15, 0.2) is 358 Å². The number of benzene rings is 14. The van der Waals surface area contributed by atoms with Gasteiger partial charge >= 0.3 is 0 Å². The van der Waals surface area contributed by atoms with Gasteiger partial charge in [0.1, 0.15) is 12.4 Å². The van der Waals surface area contributed by atoms with Crippen molar-refractivity contribution in [1.82, 2.24) is 0 Å². The van der Waals surface area contributed by atoms with Gasteiger partial charge in [0.25, 0.3) is 0 Å². The molecular weight excluding hydrogens is 1250 g/mol. The topological polar surface area (TPSA) is 15.7 Å². The standard InChI is InChI=1S/C100H78N2O/c1-6-67-30-32-68(33-31-67)66-103-85-56-44-78(45-57-85)100(77-24-14-9-15-25-77)96-62-75(73-38-50-81(51-39-73)101(79-46-34-71(35-47-79)69-20-10-7-11-21-69)83-54-60-88-86-26-16-18-28-92(86)98(2,3)94(88)64-83)42-58-90(96)91-59-43-76(63-97(91)100)74-40-52-82(53-41-74)102(80-48-36-72(37-49-80)70-22-12-8-13-23-70)84-55-61-89-87-27-17-19-29-93(87)99(4,5)95(89)65-84/h6-18,20-28,30-65H,1,19,29,66H2,2-5H3. The second-order valence-corrected chi connectivity index (χ2v) is 29.1. The van der Waals surface area contributed by atoms with Crippen LogP contribution in [0.5, 0.6) is 5.75 Å². The number of fused-ring (bicyclic) bond motifs is 8. The zero-order chi connectivity index (χ0) is 69.4. The molecule has 0 fully saturated rings. The Morgan fingerprint density at radius 1 is 0.340 bits per heavy atom. The molecule has 0 aromatic heterocycles. The SMILES string of the molecule is C=Cc1ccc(COc2ccc(C3(c4ccccc4)c4cc(-c5ccc(N(c6ccc(-c7ccccc7)cc6)c6ccc7c(c6)C(C)(C)C6=C7C=CCC6)cc5)ccc4-c4ccc(-c5ccc(N(c6ccc(-c7ccccc7)cc6)c6ccc7c(c6)C(C)(C)c6ccccc6-7)cc5)cc43)cc2)cc1. The van der Waals surface area contributed by atoms with Crippen LogP contribution in [0.2, 0.25) is 0 Å². The third kappa shape index (κ3) is 10.8. The van der Waals surface area contributed by atoms with Crippen LogP contribution in [0.3, 0.4) is 0 Å². The highest BCUT2D eigenvalue weighted by Crippen LogP contribution is 2.59. The van der Waals surface area contributed by atoms with Crippen molar-refractivity contribution in [2.75, 3.05) is 9.80 Å². The molecule has 0 heterocycles. The molecular formula is C100H78N2O. The molecule has 0 bridgehead atoms. The van der Waals surface area contributed by atoms with Gasteiger partial charge in [0.2, 0.25) is 0 Å². The number of rotatable bonds is 16. The largest absolute Gasteiger partial charge is 0.489 e. The zero-order valence-electron chi connectivity index (χ0n) is 58.6. The summed E-state index contributed by atoms with van der Waals surface area (Å²) in [4.78, 5) is 4.86. The fraction of sp³-hybridized carbons (Fsp3) is 0.100. The van der Waals surface area contributed by atoms with Crippen molar-refractivity contribution in [1.29, 1.82) is 0 Å². The predicted octanol–water partition coefficient (Wildman–Crippen LogP) is 26.6. The second-order valence-electron chi connectivity index (χ2n) is 29.1. The smallest absolute Gasteiger partial charge is 0.119 e. The van der Waals surface area contributed by atoms with Gasteiger partial charge in [-0.3, -0.25) is 0 Å². The second kappa shape index (κ2) is 25.4. The average Bonchev–Trinajstić information content (AvgIpc) is 1.55. The molecule has 14 aromatic carbocycles. The lowest BCUT2D eigenvalue weighted by Gasteiger charge is -2.34. The molecule has 0 aliphatic heterocycles. The molecule has 494 valence electrons. The van der Waals surface area contributed by atoms with E-state index in [1.54, 1.807) is 5.57 Å².